The maximum absolute atomic E-state index is 5.42. The average Bonchev–Trinajstić information content (AvgIpc) is 2.65. The molecule has 1 aromatic carbocycles. The molecule has 0 unspecified atom stereocenters. The molecule has 0 aliphatic carbocycles. The maximum atomic E-state index is 5.42. The van der Waals surface area contributed by atoms with Crippen LogP contribution in [0.15, 0.2) is 24.3 Å². The van der Waals surface area contributed by atoms with Gasteiger partial charge in [-0.15, -0.1) is 0 Å². The molecule has 1 aromatic rings. The third kappa shape index (κ3) is 1.96. The Morgan fingerprint density at radius 3 is 3.21 bits per heavy atom. The van der Waals surface area contributed by atoms with Crippen LogP contribution in [-0.4, -0.2) is 13.1 Å². The second-order valence-electron chi connectivity index (χ2n) is 3.57. The second-order valence-corrected chi connectivity index (χ2v) is 3.57. The summed E-state index contributed by atoms with van der Waals surface area (Å²) in [5.74, 6) is 0. The number of fused-ring (bicyclic) bond motifs is 1. The molecule has 2 rings (SSSR count). The Kier molecular flexibility index (Phi) is 2.84. The number of hydrogen-bond acceptors (Lipinski definition) is 2. The van der Waals surface area contributed by atoms with Crippen LogP contribution in [0.3, 0.4) is 0 Å². The van der Waals surface area contributed by atoms with Crippen molar-refractivity contribution < 1.29 is 0 Å². The molecule has 0 saturated carbocycles. The Morgan fingerprint density at radius 2 is 2.36 bits per heavy atom. The van der Waals surface area contributed by atoms with Gasteiger partial charge in [0.15, 0.2) is 0 Å². The van der Waals surface area contributed by atoms with Crippen LogP contribution in [0.4, 0.5) is 5.69 Å². The molecule has 0 saturated heterocycles. The van der Waals surface area contributed by atoms with Gasteiger partial charge in [0.2, 0.25) is 0 Å². The van der Waals surface area contributed by atoms with Crippen molar-refractivity contribution in [3.05, 3.63) is 35.4 Å². The predicted molar refractivity (Wildman–Crippen MR) is 61.3 cm³/mol. The molecule has 2 nitrogen and oxygen atoms in total. The SMILES string of the molecule is NCCC=Cc1ccc2c(c1)CCN2. The lowest BCUT2D eigenvalue weighted by Crippen LogP contribution is -1.94. The van der Waals surface area contributed by atoms with Crippen molar-refractivity contribution in [1.82, 2.24) is 0 Å². The lowest BCUT2D eigenvalue weighted by Gasteiger charge is -2.00. The van der Waals surface area contributed by atoms with E-state index in [0.29, 0.717) is 0 Å². The van der Waals surface area contributed by atoms with Crippen LogP contribution in [0.25, 0.3) is 6.08 Å². The van der Waals surface area contributed by atoms with E-state index in [2.05, 4.69) is 35.7 Å². The molecular weight excluding hydrogens is 172 g/mol. The van der Waals surface area contributed by atoms with E-state index in [1.807, 2.05) is 0 Å². The van der Waals surface area contributed by atoms with Gasteiger partial charge in [0.1, 0.15) is 0 Å². The molecule has 1 aliphatic rings. The summed E-state index contributed by atoms with van der Waals surface area (Å²) in [4.78, 5) is 0. The second kappa shape index (κ2) is 4.29. The molecule has 0 bridgehead atoms. The summed E-state index contributed by atoms with van der Waals surface area (Å²) in [6, 6.07) is 6.55. The van der Waals surface area contributed by atoms with Crippen molar-refractivity contribution in [1.29, 1.82) is 0 Å². The van der Waals surface area contributed by atoms with Crippen molar-refractivity contribution in [2.75, 3.05) is 18.4 Å². The minimum Gasteiger partial charge on any atom is -0.384 e. The van der Waals surface area contributed by atoms with E-state index in [1.165, 1.54) is 16.8 Å². The molecule has 1 aliphatic heterocycles. The number of benzene rings is 1. The Labute approximate surface area is 84.8 Å². The van der Waals surface area contributed by atoms with Gasteiger partial charge >= 0.3 is 0 Å². The molecule has 0 radical (unpaired) electrons. The standard InChI is InChI=1S/C12H16N2/c13-7-2-1-3-10-4-5-12-11(9-10)6-8-14-12/h1,3-5,9,14H,2,6-8,13H2. The first-order valence-electron chi connectivity index (χ1n) is 5.13. The molecule has 0 fully saturated rings. The van der Waals surface area contributed by atoms with Crippen molar-refractivity contribution in [2.45, 2.75) is 12.8 Å². The average molecular weight is 188 g/mol. The number of nitrogens with two attached hydrogens (primary N) is 1. The fraction of sp³-hybridized carbons (Fsp3) is 0.333. The predicted octanol–water partition coefficient (Wildman–Crippen LogP) is 2.02. The zero-order valence-corrected chi connectivity index (χ0v) is 8.29. The van der Waals surface area contributed by atoms with Crippen molar-refractivity contribution >= 4 is 11.8 Å². The van der Waals surface area contributed by atoms with Crippen molar-refractivity contribution in [3.63, 3.8) is 0 Å². The number of rotatable bonds is 3. The molecule has 0 amide bonds. The molecule has 0 atom stereocenters. The fourth-order valence-corrected chi connectivity index (χ4v) is 1.74. The van der Waals surface area contributed by atoms with E-state index >= 15 is 0 Å². The van der Waals surface area contributed by atoms with Gasteiger partial charge in [-0.25, -0.2) is 0 Å². The quantitative estimate of drug-likeness (QED) is 0.761. The highest BCUT2D eigenvalue weighted by atomic mass is 14.9. The monoisotopic (exact) mass is 188 g/mol. The van der Waals surface area contributed by atoms with E-state index in [1.54, 1.807) is 0 Å². The minimum atomic E-state index is 0.725. The van der Waals surface area contributed by atoms with Gasteiger partial charge in [0.25, 0.3) is 0 Å². The van der Waals surface area contributed by atoms with Gasteiger partial charge in [0, 0.05) is 12.2 Å². The molecule has 0 aromatic heterocycles. The Morgan fingerprint density at radius 1 is 1.43 bits per heavy atom. The maximum Gasteiger partial charge on any atom is 0.0373 e. The van der Waals surface area contributed by atoms with Crippen LogP contribution in [0.1, 0.15) is 17.5 Å². The third-order valence-electron chi connectivity index (χ3n) is 2.48. The molecule has 1 heterocycles. The van der Waals surface area contributed by atoms with E-state index < -0.39 is 0 Å². The molecule has 14 heavy (non-hydrogen) atoms. The smallest absolute Gasteiger partial charge is 0.0373 e. The minimum absolute atomic E-state index is 0.725. The first-order chi connectivity index (χ1) is 6.90. The summed E-state index contributed by atoms with van der Waals surface area (Å²) < 4.78 is 0. The Bertz CT molecular complexity index is 342. The summed E-state index contributed by atoms with van der Waals surface area (Å²) in [7, 11) is 0. The van der Waals surface area contributed by atoms with Gasteiger partial charge in [-0.2, -0.15) is 0 Å². The van der Waals surface area contributed by atoms with Gasteiger partial charge < -0.3 is 11.1 Å². The third-order valence-corrected chi connectivity index (χ3v) is 2.48. The molecule has 2 heteroatoms. The Balaban J connectivity index is 2.12. The summed E-state index contributed by atoms with van der Waals surface area (Å²) in [5, 5.41) is 3.35. The fourth-order valence-electron chi connectivity index (χ4n) is 1.74. The summed E-state index contributed by atoms with van der Waals surface area (Å²) >= 11 is 0. The van der Waals surface area contributed by atoms with Crippen LogP contribution < -0.4 is 11.1 Å². The molecule has 3 N–H and O–H groups in total. The van der Waals surface area contributed by atoms with E-state index in [-0.39, 0.29) is 0 Å². The highest BCUT2D eigenvalue weighted by molar-refractivity contribution is 5.62. The first kappa shape index (κ1) is 9.28. The lowest BCUT2D eigenvalue weighted by atomic mass is 10.1. The largest absolute Gasteiger partial charge is 0.384 e. The zero-order chi connectivity index (χ0) is 9.80. The van der Waals surface area contributed by atoms with E-state index in [0.717, 1.165) is 25.9 Å². The van der Waals surface area contributed by atoms with Crippen LogP contribution in [-0.2, 0) is 6.42 Å². The van der Waals surface area contributed by atoms with Gasteiger partial charge in [0.05, 0.1) is 0 Å². The highest BCUT2D eigenvalue weighted by Gasteiger charge is 2.08. The van der Waals surface area contributed by atoms with Crippen LogP contribution in [0.2, 0.25) is 0 Å². The van der Waals surface area contributed by atoms with Crippen molar-refractivity contribution in [2.24, 2.45) is 5.73 Å². The van der Waals surface area contributed by atoms with Crippen molar-refractivity contribution in [3.8, 4) is 0 Å². The van der Waals surface area contributed by atoms with E-state index in [4.69, 9.17) is 5.73 Å². The number of hydrogen-bond donors (Lipinski definition) is 2. The molecule has 74 valence electrons. The zero-order valence-electron chi connectivity index (χ0n) is 8.29. The van der Waals surface area contributed by atoms with Crippen LogP contribution in [0, 0.1) is 0 Å². The van der Waals surface area contributed by atoms with Gasteiger partial charge in [-0.05, 0) is 42.6 Å². The lowest BCUT2D eigenvalue weighted by molar-refractivity contribution is 1.01. The number of nitrogens with one attached hydrogen (secondary N) is 1. The Hall–Kier alpha value is -1.28. The van der Waals surface area contributed by atoms with E-state index in [9.17, 15) is 0 Å². The molecular formula is C12H16N2. The summed E-state index contributed by atoms with van der Waals surface area (Å²) in [5.41, 5.74) is 9.42. The topological polar surface area (TPSA) is 38.0 Å². The molecule has 0 spiro atoms. The normalized spacial score (nSPS) is 14.4. The first-order valence-corrected chi connectivity index (χ1v) is 5.13. The highest BCUT2D eigenvalue weighted by Crippen LogP contribution is 2.23. The van der Waals surface area contributed by atoms with Gasteiger partial charge in [-0.3, -0.25) is 0 Å². The van der Waals surface area contributed by atoms with Crippen LogP contribution >= 0.6 is 0 Å². The summed E-state index contributed by atoms with van der Waals surface area (Å²) in [6.45, 7) is 1.80. The van der Waals surface area contributed by atoms with Crippen LogP contribution in [0.5, 0.6) is 0 Å². The summed E-state index contributed by atoms with van der Waals surface area (Å²) in [6.07, 6.45) is 6.37. The number of anilines is 1. The van der Waals surface area contributed by atoms with Gasteiger partial charge in [-0.1, -0.05) is 18.2 Å².